The van der Waals surface area contributed by atoms with Crippen LogP contribution in [0.3, 0.4) is 0 Å². The van der Waals surface area contributed by atoms with E-state index in [1.807, 2.05) is 26.0 Å². The van der Waals surface area contributed by atoms with E-state index < -0.39 is 23.5 Å². The van der Waals surface area contributed by atoms with Gasteiger partial charge in [0.05, 0.1) is 6.54 Å². The highest BCUT2D eigenvalue weighted by Crippen LogP contribution is 2.32. The van der Waals surface area contributed by atoms with Crippen LogP contribution in [-0.2, 0) is 22.6 Å². The van der Waals surface area contributed by atoms with Gasteiger partial charge < -0.3 is 4.42 Å². The second-order valence-corrected chi connectivity index (χ2v) is 7.95. The van der Waals surface area contributed by atoms with Gasteiger partial charge in [0.2, 0.25) is 0 Å². The quantitative estimate of drug-likeness (QED) is 0.450. The Hall–Kier alpha value is -2.96. The second-order valence-electron chi connectivity index (χ2n) is 7.95. The predicted octanol–water partition coefficient (Wildman–Crippen LogP) is 3.22. The Morgan fingerprint density at radius 3 is 2.52 bits per heavy atom. The zero-order valence-electron chi connectivity index (χ0n) is 16.6. The van der Waals surface area contributed by atoms with Crippen molar-refractivity contribution in [1.29, 1.82) is 0 Å². The van der Waals surface area contributed by atoms with Crippen LogP contribution in [0.1, 0.15) is 50.7 Å². The molecule has 7 nitrogen and oxygen atoms in total. The van der Waals surface area contributed by atoms with Crippen LogP contribution in [-0.4, -0.2) is 33.7 Å². The molecule has 2 aliphatic rings. The van der Waals surface area contributed by atoms with Crippen LogP contribution in [0.15, 0.2) is 33.5 Å². The summed E-state index contributed by atoms with van der Waals surface area (Å²) in [4.78, 5) is 52.3. The monoisotopic (exact) mass is 396 g/mol. The SMILES string of the molecule is CCc1ccc2c(CN3C(=O)C(=O)N([C@H]4CCCC[C@@H]4C)C3=O)cc(=O)oc2c1. The maximum absolute atomic E-state index is 13.0. The largest absolute Gasteiger partial charge is 0.423 e. The molecule has 0 radical (unpaired) electrons. The van der Waals surface area contributed by atoms with Crippen LogP contribution in [0.2, 0.25) is 0 Å². The molecule has 1 aromatic carbocycles. The number of carbonyl (C=O) groups is 3. The number of benzene rings is 1. The summed E-state index contributed by atoms with van der Waals surface area (Å²) >= 11 is 0. The average molecular weight is 396 g/mol. The maximum Gasteiger partial charge on any atom is 0.336 e. The summed E-state index contributed by atoms with van der Waals surface area (Å²) < 4.78 is 5.29. The van der Waals surface area contributed by atoms with E-state index in [1.165, 1.54) is 6.07 Å². The molecule has 7 heteroatoms. The van der Waals surface area contributed by atoms with Crippen LogP contribution in [0.5, 0.6) is 0 Å². The van der Waals surface area contributed by atoms with Gasteiger partial charge in [-0.15, -0.1) is 0 Å². The lowest BCUT2D eigenvalue weighted by atomic mass is 9.85. The Morgan fingerprint density at radius 2 is 1.79 bits per heavy atom. The minimum Gasteiger partial charge on any atom is -0.423 e. The van der Waals surface area contributed by atoms with E-state index in [9.17, 15) is 19.2 Å². The number of amides is 4. The molecule has 2 fully saturated rings. The first-order chi connectivity index (χ1) is 13.9. The third-order valence-electron chi connectivity index (χ3n) is 6.11. The number of rotatable bonds is 4. The zero-order chi connectivity index (χ0) is 20.7. The first-order valence-corrected chi connectivity index (χ1v) is 10.2. The molecule has 4 amide bonds. The highest BCUT2D eigenvalue weighted by Gasteiger charge is 2.49. The highest BCUT2D eigenvalue weighted by molar-refractivity contribution is 6.44. The molecule has 1 aliphatic heterocycles. The van der Waals surface area contributed by atoms with Crippen molar-refractivity contribution in [2.24, 2.45) is 5.92 Å². The van der Waals surface area contributed by atoms with Gasteiger partial charge in [-0.25, -0.2) is 9.59 Å². The van der Waals surface area contributed by atoms with Gasteiger partial charge in [-0.3, -0.25) is 19.4 Å². The molecule has 0 unspecified atom stereocenters. The number of hydrogen-bond donors (Lipinski definition) is 0. The summed E-state index contributed by atoms with van der Waals surface area (Å²) in [5.74, 6) is -1.44. The number of aryl methyl sites for hydroxylation is 1. The van der Waals surface area contributed by atoms with Gasteiger partial charge in [-0.1, -0.05) is 38.8 Å². The van der Waals surface area contributed by atoms with Crippen molar-refractivity contribution in [3.8, 4) is 0 Å². The summed E-state index contributed by atoms with van der Waals surface area (Å²) in [6.45, 7) is 3.88. The van der Waals surface area contributed by atoms with E-state index in [2.05, 4.69) is 0 Å². The molecular weight excluding hydrogens is 372 g/mol. The molecule has 1 aromatic heterocycles. The Labute approximate surface area is 168 Å². The van der Waals surface area contributed by atoms with Crippen LogP contribution in [0, 0.1) is 5.92 Å². The van der Waals surface area contributed by atoms with Crippen LogP contribution < -0.4 is 5.63 Å². The summed E-state index contributed by atoms with van der Waals surface area (Å²) in [7, 11) is 0. The fourth-order valence-electron chi connectivity index (χ4n) is 4.43. The fourth-order valence-corrected chi connectivity index (χ4v) is 4.43. The Morgan fingerprint density at radius 1 is 1.03 bits per heavy atom. The minimum absolute atomic E-state index is 0.130. The van der Waals surface area contributed by atoms with Gasteiger partial charge in [0.15, 0.2) is 0 Å². The van der Waals surface area contributed by atoms with Crippen molar-refractivity contribution in [2.45, 2.75) is 58.5 Å². The lowest BCUT2D eigenvalue weighted by Crippen LogP contribution is -2.46. The number of imide groups is 2. The molecule has 0 bridgehead atoms. The molecule has 29 heavy (non-hydrogen) atoms. The van der Waals surface area contributed by atoms with Crippen molar-refractivity contribution >= 4 is 28.8 Å². The van der Waals surface area contributed by atoms with E-state index in [0.717, 1.165) is 47.5 Å². The van der Waals surface area contributed by atoms with Gasteiger partial charge in [-0.05, 0) is 42.4 Å². The van der Waals surface area contributed by atoms with Gasteiger partial charge in [0.25, 0.3) is 0 Å². The molecule has 1 aliphatic carbocycles. The van der Waals surface area contributed by atoms with E-state index in [4.69, 9.17) is 4.42 Å². The number of hydrogen-bond acceptors (Lipinski definition) is 5. The van der Waals surface area contributed by atoms with Crippen LogP contribution in [0.4, 0.5) is 4.79 Å². The molecule has 4 rings (SSSR count). The molecule has 2 aromatic rings. The Bertz CT molecular complexity index is 1060. The molecule has 1 saturated carbocycles. The summed E-state index contributed by atoms with van der Waals surface area (Å²) in [5, 5.41) is 0.652. The fraction of sp³-hybridized carbons (Fsp3) is 0.455. The molecule has 1 saturated heterocycles. The third-order valence-corrected chi connectivity index (χ3v) is 6.11. The lowest BCUT2D eigenvalue weighted by molar-refractivity contribution is -0.144. The predicted molar refractivity (Wildman–Crippen MR) is 106 cm³/mol. The van der Waals surface area contributed by atoms with Crippen molar-refractivity contribution in [3.63, 3.8) is 0 Å². The molecule has 152 valence electrons. The normalized spacial score (nSPS) is 22.8. The van der Waals surface area contributed by atoms with Crippen molar-refractivity contribution in [2.75, 3.05) is 0 Å². The smallest absolute Gasteiger partial charge is 0.336 e. The van der Waals surface area contributed by atoms with Crippen molar-refractivity contribution in [1.82, 2.24) is 9.80 Å². The third kappa shape index (κ3) is 3.34. The average Bonchev–Trinajstić information content (AvgIpc) is 2.91. The summed E-state index contributed by atoms with van der Waals surface area (Å²) in [5.41, 5.74) is 1.37. The minimum atomic E-state index is -0.834. The number of nitrogens with zero attached hydrogens (tertiary/aromatic N) is 2. The summed E-state index contributed by atoms with van der Waals surface area (Å²) in [6.07, 6.45) is 4.44. The highest BCUT2D eigenvalue weighted by atomic mass is 16.4. The first-order valence-electron chi connectivity index (χ1n) is 10.2. The summed E-state index contributed by atoms with van der Waals surface area (Å²) in [6, 6.07) is 5.97. The number of urea groups is 1. The van der Waals surface area contributed by atoms with Gasteiger partial charge in [-0.2, -0.15) is 0 Å². The standard InChI is InChI=1S/C22H24N2O5/c1-3-14-8-9-16-15(11-19(25)29-18(16)10-14)12-23-20(26)21(27)24(22(23)28)17-7-5-4-6-13(17)2/h8-11,13,17H,3-7,12H2,1-2H3/t13-,17-/m0/s1. The molecule has 2 heterocycles. The van der Waals surface area contributed by atoms with Crippen LogP contribution in [0.25, 0.3) is 11.0 Å². The zero-order valence-corrected chi connectivity index (χ0v) is 16.6. The lowest BCUT2D eigenvalue weighted by Gasteiger charge is -2.34. The molecular formula is C22H24N2O5. The first kappa shape index (κ1) is 19.4. The van der Waals surface area contributed by atoms with E-state index in [-0.39, 0.29) is 18.5 Å². The van der Waals surface area contributed by atoms with E-state index in [1.54, 1.807) is 6.07 Å². The van der Waals surface area contributed by atoms with Gasteiger partial charge >= 0.3 is 23.5 Å². The molecule has 0 spiro atoms. The molecule has 2 atom stereocenters. The molecule has 0 N–H and O–H groups in total. The number of carbonyl (C=O) groups excluding carboxylic acids is 3. The van der Waals surface area contributed by atoms with Crippen molar-refractivity contribution < 1.29 is 18.8 Å². The Kier molecular flexibility index (Phi) is 4.98. The number of fused-ring (bicyclic) bond motifs is 1. The van der Waals surface area contributed by atoms with Crippen LogP contribution >= 0.6 is 0 Å². The topological polar surface area (TPSA) is 87.9 Å². The van der Waals surface area contributed by atoms with E-state index >= 15 is 0 Å². The second kappa shape index (κ2) is 7.46. The Balaban J connectivity index is 1.67. The van der Waals surface area contributed by atoms with E-state index in [0.29, 0.717) is 16.5 Å². The van der Waals surface area contributed by atoms with Gasteiger partial charge in [0, 0.05) is 17.5 Å². The van der Waals surface area contributed by atoms with Crippen molar-refractivity contribution in [3.05, 3.63) is 45.8 Å². The maximum atomic E-state index is 13.0. The van der Waals surface area contributed by atoms with Gasteiger partial charge in [0.1, 0.15) is 5.58 Å².